The van der Waals surface area contributed by atoms with Crippen LogP contribution in [0.15, 0.2) is 0 Å². The summed E-state index contributed by atoms with van der Waals surface area (Å²) < 4.78 is 16.9. The lowest BCUT2D eigenvalue weighted by atomic mass is 10.0. The molecule has 4 heteroatoms. The van der Waals surface area contributed by atoms with E-state index in [0.717, 1.165) is 0 Å². The fraction of sp³-hybridized carbons (Fsp3) is 1.00. The molecule has 0 aliphatic carbocycles. The van der Waals surface area contributed by atoms with Gasteiger partial charge >= 0.3 is 0 Å². The van der Waals surface area contributed by atoms with Gasteiger partial charge in [-0.25, -0.2) is 4.39 Å². The number of aliphatic hydroxyl groups excluding tert-OH is 2. The number of hydrogen-bond donors (Lipinski definition) is 2. The predicted molar refractivity (Wildman–Crippen MR) is 43.5 cm³/mol. The second kappa shape index (κ2) is 5.45. The molecule has 0 aromatic rings. The quantitative estimate of drug-likeness (QED) is 0.662. The molecule has 1 aliphatic rings. The van der Waals surface area contributed by atoms with E-state index in [-0.39, 0.29) is 6.61 Å². The van der Waals surface area contributed by atoms with Crippen LogP contribution in [0.5, 0.6) is 0 Å². The van der Waals surface area contributed by atoms with Crippen LogP contribution in [0.25, 0.3) is 0 Å². The summed E-state index contributed by atoms with van der Waals surface area (Å²) in [6.45, 7) is 2.90. The van der Waals surface area contributed by atoms with Crippen molar-refractivity contribution in [2.24, 2.45) is 0 Å². The van der Waals surface area contributed by atoms with E-state index >= 15 is 0 Å². The van der Waals surface area contributed by atoms with Gasteiger partial charge in [0.2, 0.25) is 0 Å². The molecule has 0 amide bonds. The molecular formula is C8H17FO3. The Hall–Kier alpha value is -0.190. The highest BCUT2D eigenvalue weighted by molar-refractivity contribution is 4.84. The molecule has 0 aromatic carbocycles. The molecule has 1 aliphatic heterocycles. The average molecular weight is 180 g/mol. The zero-order valence-electron chi connectivity index (χ0n) is 7.59. The predicted octanol–water partition coefficient (Wildman–Crippen LogP) is 0.842. The van der Waals surface area contributed by atoms with E-state index in [2.05, 4.69) is 0 Å². The molecule has 3 nitrogen and oxygen atoms in total. The molecule has 0 spiro atoms. The third-order valence-electron chi connectivity index (χ3n) is 1.76. The molecule has 74 valence electrons. The standard InChI is InChI=1S/C6H11FO3.C2H6/c7-3-6(4-8)2-1-5(9)10-6;1-2/h5,8-9H,1-4H2;1-2H3. The SMILES string of the molecule is CC.OCC1(CF)CCC(O)O1. The Kier molecular flexibility index (Phi) is 5.37. The number of halogens is 1. The van der Waals surface area contributed by atoms with Crippen molar-refractivity contribution in [3.8, 4) is 0 Å². The Bertz CT molecular complexity index is 115. The average Bonchev–Trinajstić information content (AvgIpc) is 2.52. The fourth-order valence-corrected chi connectivity index (χ4v) is 1.05. The number of hydrogen-bond acceptors (Lipinski definition) is 3. The van der Waals surface area contributed by atoms with Gasteiger partial charge in [-0.15, -0.1) is 0 Å². The lowest BCUT2D eigenvalue weighted by Crippen LogP contribution is -2.35. The Morgan fingerprint density at radius 2 is 2.17 bits per heavy atom. The zero-order valence-corrected chi connectivity index (χ0v) is 7.59. The number of alkyl halides is 1. The van der Waals surface area contributed by atoms with Gasteiger partial charge in [0.25, 0.3) is 0 Å². The number of aliphatic hydroxyl groups is 2. The van der Waals surface area contributed by atoms with Crippen molar-refractivity contribution < 1.29 is 19.3 Å². The van der Waals surface area contributed by atoms with Crippen molar-refractivity contribution >= 4 is 0 Å². The van der Waals surface area contributed by atoms with Crippen LogP contribution < -0.4 is 0 Å². The molecule has 0 bridgehead atoms. The van der Waals surface area contributed by atoms with Gasteiger partial charge in [-0.1, -0.05) is 13.8 Å². The monoisotopic (exact) mass is 180 g/mol. The first-order valence-electron chi connectivity index (χ1n) is 4.25. The maximum atomic E-state index is 12.1. The van der Waals surface area contributed by atoms with E-state index in [1.807, 2.05) is 13.8 Å². The second-order valence-electron chi connectivity index (χ2n) is 2.59. The highest BCUT2D eigenvalue weighted by Crippen LogP contribution is 2.28. The van der Waals surface area contributed by atoms with Crippen LogP contribution in [0, 0.1) is 0 Å². The summed E-state index contributed by atoms with van der Waals surface area (Å²) in [4.78, 5) is 0. The van der Waals surface area contributed by atoms with Crippen LogP contribution in [-0.2, 0) is 4.74 Å². The van der Waals surface area contributed by atoms with E-state index in [1.54, 1.807) is 0 Å². The molecular weight excluding hydrogens is 163 g/mol. The van der Waals surface area contributed by atoms with E-state index in [0.29, 0.717) is 12.8 Å². The molecule has 1 fully saturated rings. The largest absolute Gasteiger partial charge is 0.393 e. The second-order valence-corrected chi connectivity index (χ2v) is 2.59. The van der Waals surface area contributed by atoms with E-state index < -0.39 is 18.6 Å². The van der Waals surface area contributed by atoms with Gasteiger partial charge in [-0.05, 0) is 6.42 Å². The summed E-state index contributed by atoms with van der Waals surface area (Å²) >= 11 is 0. The van der Waals surface area contributed by atoms with Crippen molar-refractivity contribution in [2.75, 3.05) is 13.3 Å². The molecule has 2 atom stereocenters. The molecule has 1 saturated heterocycles. The lowest BCUT2D eigenvalue weighted by molar-refractivity contribution is -0.158. The maximum absolute atomic E-state index is 12.1. The summed E-state index contributed by atoms with van der Waals surface area (Å²) in [6, 6.07) is 0. The normalized spacial score (nSPS) is 34.2. The lowest BCUT2D eigenvalue weighted by Gasteiger charge is -2.21. The van der Waals surface area contributed by atoms with E-state index in [1.165, 1.54) is 0 Å². The van der Waals surface area contributed by atoms with Crippen LogP contribution in [0.2, 0.25) is 0 Å². The Balaban J connectivity index is 0.000000561. The van der Waals surface area contributed by atoms with Crippen LogP contribution in [-0.4, -0.2) is 35.4 Å². The summed E-state index contributed by atoms with van der Waals surface area (Å²) in [7, 11) is 0. The highest BCUT2D eigenvalue weighted by atomic mass is 19.1. The van der Waals surface area contributed by atoms with Crippen molar-refractivity contribution in [3.05, 3.63) is 0 Å². The molecule has 1 heterocycles. The summed E-state index contributed by atoms with van der Waals surface area (Å²) in [5.41, 5.74) is -1.11. The van der Waals surface area contributed by atoms with Gasteiger partial charge in [0.05, 0.1) is 6.61 Å². The Morgan fingerprint density at radius 3 is 2.33 bits per heavy atom. The minimum absolute atomic E-state index is 0.361. The van der Waals surface area contributed by atoms with Crippen LogP contribution >= 0.6 is 0 Å². The van der Waals surface area contributed by atoms with Crippen molar-refractivity contribution in [3.63, 3.8) is 0 Å². The van der Waals surface area contributed by atoms with Gasteiger partial charge in [0.15, 0.2) is 6.29 Å². The molecule has 2 unspecified atom stereocenters. The topological polar surface area (TPSA) is 49.7 Å². The van der Waals surface area contributed by atoms with Gasteiger partial charge in [-0.3, -0.25) is 0 Å². The van der Waals surface area contributed by atoms with Gasteiger partial charge < -0.3 is 14.9 Å². The summed E-state index contributed by atoms with van der Waals surface area (Å²) in [5, 5.41) is 17.5. The third kappa shape index (κ3) is 2.69. The first-order valence-corrected chi connectivity index (χ1v) is 4.25. The minimum Gasteiger partial charge on any atom is -0.393 e. The molecule has 12 heavy (non-hydrogen) atoms. The first-order chi connectivity index (χ1) is 5.72. The van der Waals surface area contributed by atoms with E-state index in [9.17, 15) is 4.39 Å². The smallest absolute Gasteiger partial charge is 0.155 e. The zero-order chi connectivity index (χ0) is 9.61. The molecule has 0 saturated carbocycles. The van der Waals surface area contributed by atoms with Gasteiger partial charge in [-0.2, -0.15) is 0 Å². The minimum atomic E-state index is -1.11. The molecule has 0 aromatic heterocycles. The Morgan fingerprint density at radius 1 is 1.58 bits per heavy atom. The summed E-state index contributed by atoms with van der Waals surface area (Å²) in [6.07, 6.45) is -0.103. The molecule has 1 rings (SSSR count). The van der Waals surface area contributed by atoms with Crippen molar-refractivity contribution in [2.45, 2.75) is 38.6 Å². The summed E-state index contributed by atoms with van der Waals surface area (Å²) in [5.74, 6) is 0. The van der Waals surface area contributed by atoms with Crippen LogP contribution in [0.1, 0.15) is 26.7 Å². The number of ether oxygens (including phenoxy) is 1. The number of rotatable bonds is 2. The Labute approximate surface area is 72.2 Å². The third-order valence-corrected chi connectivity index (χ3v) is 1.76. The maximum Gasteiger partial charge on any atom is 0.155 e. The van der Waals surface area contributed by atoms with Gasteiger partial charge in [0.1, 0.15) is 12.3 Å². The van der Waals surface area contributed by atoms with Gasteiger partial charge in [0, 0.05) is 6.42 Å². The molecule has 2 N–H and O–H groups in total. The van der Waals surface area contributed by atoms with E-state index in [4.69, 9.17) is 14.9 Å². The van der Waals surface area contributed by atoms with Crippen molar-refractivity contribution in [1.29, 1.82) is 0 Å². The van der Waals surface area contributed by atoms with Crippen LogP contribution in [0.3, 0.4) is 0 Å². The fourth-order valence-electron chi connectivity index (χ4n) is 1.05. The first kappa shape index (κ1) is 11.8. The van der Waals surface area contributed by atoms with Crippen molar-refractivity contribution in [1.82, 2.24) is 0 Å². The highest BCUT2D eigenvalue weighted by Gasteiger charge is 2.39. The van der Waals surface area contributed by atoms with Crippen LogP contribution in [0.4, 0.5) is 4.39 Å². The molecule has 0 radical (unpaired) electrons.